The zero-order chi connectivity index (χ0) is 34.3. The first-order valence-corrected chi connectivity index (χ1v) is 17.3. The summed E-state index contributed by atoms with van der Waals surface area (Å²) in [5.74, 6) is 1.53. The highest BCUT2D eigenvalue weighted by Crippen LogP contribution is 2.57. The van der Waals surface area contributed by atoms with Gasteiger partial charge in [0.05, 0.1) is 26.0 Å². The number of anilines is 2. The minimum absolute atomic E-state index is 0.115. The van der Waals surface area contributed by atoms with Crippen molar-refractivity contribution in [2.75, 3.05) is 36.5 Å². The van der Waals surface area contributed by atoms with Crippen molar-refractivity contribution in [2.45, 2.75) is 58.4 Å². The van der Waals surface area contributed by atoms with Crippen molar-refractivity contribution < 1.29 is 23.9 Å². The van der Waals surface area contributed by atoms with E-state index in [-0.39, 0.29) is 24.3 Å². The monoisotopic (exact) mass is 683 g/mol. The van der Waals surface area contributed by atoms with E-state index in [0.717, 1.165) is 46.7 Å². The van der Waals surface area contributed by atoms with Gasteiger partial charge in [0.15, 0.2) is 0 Å². The van der Waals surface area contributed by atoms with Crippen LogP contribution in [0.3, 0.4) is 0 Å². The molecule has 2 aliphatic rings. The number of carbonyl (C=O) groups is 3. The van der Waals surface area contributed by atoms with Crippen molar-refractivity contribution >= 4 is 40.9 Å². The smallest absolute Gasteiger partial charge is 0.319 e. The number of carbonyl (C=O) groups excluding carboxylic acids is 3. The summed E-state index contributed by atoms with van der Waals surface area (Å²) in [6.45, 7) is 6.15. The zero-order valence-corrected chi connectivity index (χ0v) is 28.7. The van der Waals surface area contributed by atoms with Crippen LogP contribution in [-0.2, 0) is 20.9 Å². The van der Waals surface area contributed by atoms with Gasteiger partial charge < -0.3 is 25.0 Å². The fourth-order valence-electron chi connectivity index (χ4n) is 6.45. The molecule has 1 saturated carbocycles. The van der Waals surface area contributed by atoms with Gasteiger partial charge in [0, 0.05) is 59.7 Å². The van der Waals surface area contributed by atoms with Crippen LogP contribution in [0.5, 0.6) is 5.75 Å². The number of nitrogens with zero attached hydrogens (tertiary/aromatic N) is 3. The maximum absolute atomic E-state index is 13.5. The Kier molecular flexibility index (Phi) is 10.8. The summed E-state index contributed by atoms with van der Waals surface area (Å²) in [4.78, 5) is 39.3. The lowest BCUT2D eigenvalue weighted by molar-refractivity contribution is -0.143. The number of amides is 3. The maximum Gasteiger partial charge on any atom is 0.319 e. The molecule has 1 fully saturated rings. The SMILES string of the molecule is CCOC(=O)CCCNC(=O)Nc1cccc(Cn2cc(-c3cccc4c3[C@H]3C[C@H]3CN4C(=O)CCCOc3cccc(Cl)c3C)cn2)c1. The first-order chi connectivity index (χ1) is 23.8. The van der Waals surface area contributed by atoms with Gasteiger partial charge in [0.25, 0.3) is 0 Å². The Morgan fingerprint density at radius 2 is 1.88 bits per heavy atom. The van der Waals surface area contributed by atoms with Gasteiger partial charge in [-0.05, 0) is 92.0 Å². The highest BCUT2D eigenvalue weighted by atomic mass is 35.5. The molecule has 49 heavy (non-hydrogen) atoms. The van der Waals surface area contributed by atoms with E-state index in [1.165, 1.54) is 5.56 Å². The topological polar surface area (TPSA) is 115 Å². The first-order valence-electron chi connectivity index (χ1n) is 16.9. The van der Waals surface area contributed by atoms with Crippen molar-refractivity contribution in [1.29, 1.82) is 0 Å². The number of nitrogens with one attached hydrogen (secondary N) is 2. The minimum atomic E-state index is -0.330. The average Bonchev–Trinajstić information content (AvgIpc) is 3.74. The van der Waals surface area contributed by atoms with E-state index in [2.05, 4.69) is 27.9 Å². The maximum atomic E-state index is 13.5. The van der Waals surface area contributed by atoms with Crippen LogP contribution < -0.4 is 20.3 Å². The number of hydrogen-bond donors (Lipinski definition) is 2. The van der Waals surface area contributed by atoms with Crippen LogP contribution in [0.2, 0.25) is 5.02 Å². The molecule has 0 saturated heterocycles. The third-order valence-electron chi connectivity index (χ3n) is 9.02. The van der Waals surface area contributed by atoms with E-state index >= 15 is 0 Å². The molecular weight excluding hydrogens is 642 g/mol. The number of fused-ring (bicyclic) bond motifs is 3. The highest BCUT2D eigenvalue weighted by Gasteiger charge is 2.47. The molecule has 0 bridgehead atoms. The molecule has 1 aliphatic carbocycles. The van der Waals surface area contributed by atoms with Gasteiger partial charge in [-0.25, -0.2) is 4.79 Å². The Morgan fingerprint density at radius 1 is 1.04 bits per heavy atom. The van der Waals surface area contributed by atoms with Crippen LogP contribution in [0.25, 0.3) is 11.1 Å². The number of esters is 1. The van der Waals surface area contributed by atoms with E-state index in [9.17, 15) is 14.4 Å². The molecule has 2 atom stereocenters. The average molecular weight is 684 g/mol. The van der Waals surface area contributed by atoms with Crippen LogP contribution in [0.1, 0.15) is 61.6 Å². The number of halogens is 1. The molecule has 2 heterocycles. The standard InChI is InChI=1S/C38H42ClN5O5/c1-3-48-36(46)16-7-17-40-38(47)42-29-10-4-9-26(19-29)22-43-23-28(21-41-43)30-11-5-13-33-37(30)31-20-27(31)24-44(33)35(45)15-8-18-49-34-14-6-12-32(39)25(34)2/h4-6,9-14,19,21,23,27,31H,3,7-8,15-18,20,22,24H2,1-2H3,(H2,40,42,47)/t27-,31-/m0/s1. The molecule has 0 unspecified atom stereocenters. The molecule has 0 spiro atoms. The number of rotatable bonds is 14. The van der Waals surface area contributed by atoms with Crippen molar-refractivity contribution in [2.24, 2.45) is 5.92 Å². The van der Waals surface area contributed by atoms with Gasteiger partial charge in [0.2, 0.25) is 5.91 Å². The van der Waals surface area contributed by atoms with E-state index in [4.69, 9.17) is 21.1 Å². The summed E-state index contributed by atoms with van der Waals surface area (Å²) in [7, 11) is 0. The number of ether oxygens (including phenoxy) is 2. The molecule has 4 aromatic rings. The van der Waals surface area contributed by atoms with E-state index < -0.39 is 0 Å². The Labute approximate surface area is 291 Å². The second kappa shape index (κ2) is 15.6. The van der Waals surface area contributed by atoms with Crippen LogP contribution in [0, 0.1) is 12.8 Å². The lowest BCUT2D eigenvalue weighted by Gasteiger charge is -2.30. The zero-order valence-electron chi connectivity index (χ0n) is 27.9. The number of hydrogen-bond acceptors (Lipinski definition) is 6. The lowest BCUT2D eigenvalue weighted by Crippen LogP contribution is -2.36. The summed E-state index contributed by atoms with van der Waals surface area (Å²) in [6.07, 6.45) is 6.81. The van der Waals surface area contributed by atoms with Gasteiger partial charge in [-0.2, -0.15) is 5.10 Å². The Hall–Kier alpha value is -4.83. The molecule has 2 N–H and O–H groups in total. The second-order valence-electron chi connectivity index (χ2n) is 12.6. The predicted octanol–water partition coefficient (Wildman–Crippen LogP) is 7.33. The summed E-state index contributed by atoms with van der Waals surface area (Å²) in [5.41, 5.74) is 6.92. The van der Waals surface area contributed by atoms with E-state index in [0.29, 0.717) is 68.1 Å². The fourth-order valence-corrected chi connectivity index (χ4v) is 6.62. The Bertz CT molecular complexity index is 1820. The van der Waals surface area contributed by atoms with Crippen molar-refractivity contribution in [3.8, 4) is 16.9 Å². The van der Waals surface area contributed by atoms with Crippen LogP contribution in [-0.4, -0.2) is 54.0 Å². The van der Waals surface area contributed by atoms with Crippen molar-refractivity contribution in [1.82, 2.24) is 15.1 Å². The second-order valence-corrected chi connectivity index (χ2v) is 13.0. The molecule has 0 radical (unpaired) electrons. The summed E-state index contributed by atoms with van der Waals surface area (Å²) in [6, 6.07) is 19.1. The fraction of sp³-hybridized carbons (Fsp3) is 0.368. The van der Waals surface area contributed by atoms with E-state index in [1.807, 2.05) is 77.4 Å². The van der Waals surface area contributed by atoms with Crippen LogP contribution in [0.15, 0.2) is 73.1 Å². The Balaban J connectivity index is 1.06. The van der Waals surface area contributed by atoms with Gasteiger partial charge in [-0.1, -0.05) is 41.9 Å². The summed E-state index contributed by atoms with van der Waals surface area (Å²) < 4.78 is 12.7. The highest BCUT2D eigenvalue weighted by molar-refractivity contribution is 6.31. The molecule has 256 valence electrons. The van der Waals surface area contributed by atoms with E-state index in [1.54, 1.807) is 6.92 Å². The Morgan fingerprint density at radius 3 is 2.73 bits per heavy atom. The van der Waals surface area contributed by atoms with Crippen LogP contribution >= 0.6 is 11.6 Å². The van der Waals surface area contributed by atoms with Crippen LogP contribution in [0.4, 0.5) is 16.2 Å². The number of benzene rings is 3. The molecule has 10 nitrogen and oxygen atoms in total. The first kappa shape index (κ1) is 34.0. The normalized spacial score (nSPS) is 15.9. The molecule has 1 aliphatic heterocycles. The molecule has 6 rings (SSSR count). The van der Waals surface area contributed by atoms with Gasteiger partial charge >= 0.3 is 12.0 Å². The molecule has 3 aromatic carbocycles. The summed E-state index contributed by atoms with van der Waals surface area (Å²) >= 11 is 6.22. The lowest BCUT2D eigenvalue weighted by atomic mass is 9.92. The largest absolute Gasteiger partial charge is 0.493 e. The molecule has 1 aromatic heterocycles. The molecular formula is C38H42ClN5O5. The third-order valence-corrected chi connectivity index (χ3v) is 9.43. The van der Waals surface area contributed by atoms with Gasteiger partial charge in [-0.3, -0.25) is 14.3 Å². The predicted molar refractivity (Wildman–Crippen MR) is 190 cm³/mol. The molecule has 3 amide bonds. The van der Waals surface area contributed by atoms with Gasteiger partial charge in [-0.15, -0.1) is 0 Å². The van der Waals surface area contributed by atoms with Crippen molar-refractivity contribution in [3.05, 3.63) is 94.8 Å². The number of urea groups is 1. The summed E-state index contributed by atoms with van der Waals surface area (Å²) in [5, 5.41) is 11.0. The quantitative estimate of drug-likeness (QED) is 0.106. The third kappa shape index (κ3) is 8.43. The van der Waals surface area contributed by atoms with Crippen molar-refractivity contribution in [3.63, 3.8) is 0 Å². The van der Waals surface area contributed by atoms with Gasteiger partial charge in [0.1, 0.15) is 5.75 Å². The molecule has 11 heteroatoms. The number of aromatic nitrogens is 2. The minimum Gasteiger partial charge on any atom is -0.493 e.